The molecular weight excluding hydrogens is 264 g/mol. The second-order valence-corrected chi connectivity index (χ2v) is 7.00. The minimum absolute atomic E-state index is 0.0925. The van der Waals surface area contributed by atoms with Crippen molar-refractivity contribution in [2.45, 2.75) is 38.3 Å². The third kappa shape index (κ3) is 2.65. The van der Waals surface area contributed by atoms with Crippen LogP contribution in [0, 0.1) is 16.7 Å². The quantitative estimate of drug-likeness (QED) is 0.835. The summed E-state index contributed by atoms with van der Waals surface area (Å²) in [5, 5.41) is 9.15. The zero-order valence-corrected chi connectivity index (χ0v) is 12.0. The number of nitrogens with zero attached hydrogens (tertiary/aromatic N) is 4. The normalized spacial score (nSPS) is 20.1. The van der Waals surface area contributed by atoms with Gasteiger partial charge in [-0.05, 0) is 26.7 Å². The molecule has 1 aromatic rings. The molecule has 0 radical (unpaired) electrons. The average Bonchev–Trinajstić information content (AvgIpc) is 2.89. The van der Waals surface area contributed by atoms with Crippen molar-refractivity contribution in [3.05, 3.63) is 12.5 Å². The number of hydrogen-bond acceptors (Lipinski definition) is 4. The number of aromatic nitrogens is 2. The van der Waals surface area contributed by atoms with Gasteiger partial charge in [0.1, 0.15) is 0 Å². The molecule has 0 unspecified atom stereocenters. The fraction of sp³-hybridized carbons (Fsp3) is 0.667. The highest BCUT2D eigenvalue weighted by molar-refractivity contribution is 7.89. The van der Waals surface area contributed by atoms with E-state index in [1.807, 2.05) is 13.8 Å². The van der Waals surface area contributed by atoms with E-state index in [9.17, 15) is 8.42 Å². The van der Waals surface area contributed by atoms with E-state index < -0.39 is 15.4 Å². The van der Waals surface area contributed by atoms with Gasteiger partial charge in [-0.2, -0.15) is 9.57 Å². The van der Waals surface area contributed by atoms with Gasteiger partial charge < -0.3 is 4.57 Å². The van der Waals surface area contributed by atoms with Crippen LogP contribution in [0.5, 0.6) is 0 Å². The van der Waals surface area contributed by atoms with Gasteiger partial charge in [-0.25, -0.2) is 13.4 Å². The van der Waals surface area contributed by atoms with Crippen molar-refractivity contribution in [1.29, 1.82) is 5.26 Å². The third-order valence-electron chi connectivity index (χ3n) is 3.67. The van der Waals surface area contributed by atoms with Crippen LogP contribution in [0.3, 0.4) is 0 Å². The lowest BCUT2D eigenvalue weighted by molar-refractivity contribution is 0.231. The lowest BCUT2D eigenvalue weighted by Gasteiger charge is -2.33. The standard InChI is InChI=1S/C12H18N4O2S/c1-3-15-8-11(14-10-15)19(17,18)16-6-4-12(2,9-13)5-7-16/h8,10H,3-7H2,1-2H3. The first-order chi connectivity index (χ1) is 8.91. The van der Waals surface area contributed by atoms with Crippen LogP contribution in [0.4, 0.5) is 0 Å². The van der Waals surface area contributed by atoms with Crippen LogP contribution < -0.4 is 0 Å². The zero-order valence-electron chi connectivity index (χ0n) is 11.2. The molecular formula is C12H18N4O2S. The highest BCUT2D eigenvalue weighted by Crippen LogP contribution is 2.32. The summed E-state index contributed by atoms with van der Waals surface area (Å²) in [6, 6.07) is 2.26. The van der Waals surface area contributed by atoms with Crippen molar-refractivity contribution in [2.24, 2.45) is 5.41 Å². The predicted molar refractivity (Wildman–Crippen MR) is 69.6 cm³/mol. The molecule has 19 heavy (non-hydrogen) atoms. The molecule has 2 rings (SSSR count). The Balaban J connectivity index is 2.16. The fourth-order valence-electron chi connectivity index (χ4n) is 2.11. The lowest BCUT2D eigenvalue weighted by Crippen LogP contribution is -2.41. The Bertz CT molecular complexity index is 591. The fourth-order valence-corrected chi connectivity index (χ4v) is 3.49. The van der Waals surface area contributed by atoms with Crippen LogP contribution in [0.25, 0.3) is 0 Å². The molecule has 0 atom stereocenters. The molecule has 0 spiro atoms. The lowest BCUT2D eigenvalue weighted by atomic mass is 9.83. The van der Waals surface area contributed by atoms with Gasteiger partial charge in [-0.15, -0.1) is 0 Å². The van der Waals surface area contributed by atoms with Crippen molar-refractivity contribution in [1.82, 2.24) is 13.9 Å². The topological polar surface area (TPSA) is 79.0 Å². The molecule has 2 heterocycles. The molecule has 1 fully saturated rings. The van der Waals surface area contributed by atoms with Gasteiger partial charge in [0.25, 0.3) is 10.0 Å². The van der Waals surface area contributed by atoms with Crippen LogP contribution in [-0.4, -0.2) is 35.4 Å². The highest BCUT2D eigenvalue weighted by Gasteiger charge is 2.36. The van der Waals surface area contributed by atoms with Gasteiger partial charge in [0.15, 0.2) is 5.03 Å². The van der Waals surface area contributed by atoms with Gasteiger partial charge >= 0.3 is 0 Å². The van der Waals surface area contributed by atoms with E-state index in [0.29, 0.717) is 32.5 Å². The first-order valence-electron chi connectivity index (χ1n) is 6.34. The zero-order chi connectivity index (χ0) is 14.1. The van der Waals surface area contributed by atoms with Crippen LogP contribution >= 0.6 is 0 Å². The highest BCUT2D eigenvalue weighted by atomic mass is 32.2. The van der Waals surface area contributed by atoms with Crippen LogP contribution in [0.15, 0.2) is 17.6 Å². The molecule has 1 aromatic heterocycles. The van der Waals surface area contributed by atoms with Gasteiger partial charge in [-0.3, -0.25) is 0 Å². The molecule has 1 aliphatic heterocycles. The van der Waals surface area contributed by atoms with Crippen molar-refractivity contribution < 1.29 is 8.42 Å². The minimum atomic E-state index is -3.52. The summed E-state index contributed by atoms with van der Waals surface area (Å²) in [5.74, 6) is 0. The van der Waals surface area contributed by atoms with Crippen LogP contribution in [0.2, 0.25) is 0 Å². The minimum Gasteiger partial charge on any atom is -0.336 e. The molecule has 0 amide bonds. The Morgan fingerprint density at radius 3 is 2.58 bits per heavy atom. The number of nitriles is 1. The van der Waals surface area contributed by atoms with Crippen LogP contribution in [0.1, 0.15) is 26.7 Å². The summed E-state index contributed by atoms with van der Waals surface area (Å²) < 4.78 is 27.9. The summed E-state index contributed by atoms with van der Waals surface area (Å²) in [7, 11) is -3.52. The number of rotatable bonds is 3. The Morgan fingerprint density at radius 2 is 2.11 bits per heavy atom. The SMILES string of the molecule is CCn1cnc(S(=O)(=O)N2CCC(C)(C#N)CC2)c1. The summed E-state index contributed by atoms with van der Waals surface area (Å²) in [6.45, 7) is 5.26. The Morgan fingerprint density at radius 1 is 1.47 bits per heavy atom. The van der Waals surface area contributed by atoms with Crippen molar-refractivity contribution in [3.63, 3.8) is 0 Å². The summed E-state index contributed by atoms with van der Waals surface area (Å²) in [6.07, 6.45) is 4.21. The van der Waals surface area contributed by atoms with Gasteiger partial charge in [0.2, 0.25) is 0 Å². The molecule has 7 heteroatoms. The molecule has 0 saturated carbocycles. The second kappa shape index (κ2) is 4.94. The smallest absolute Gasteiger partial charge is 0.262 e. The number of aryl methyl sites for hydroxylation is 1. The molecule has 1 aliphatic rings. The van der Waals surface area contributed by atoms with E-state index in [1.54, 1.807) is 10.8 Å². The van der Waals surface area contributed by atoms with Crippen molar-refractivity contribution in [3.8, 4) is 6.07 Å². The van der Waals surface area contributed by atoms with E-state index >= 15 is 0 Å². The van der Waals surface area contributed by atoms with Gasteiger partial charge in [0.05, 0.1) is 17.8 Å². The van der Waals surface area contributed by atoms with E-state index in [-0.39, 0.29) is 5.03 Å². The Hall–Kier alpha value is -1.39. The molecule has 6 nitrogen and oxygen atoms in total. The van der Waals surface area contributed by atoms with Gasteiger partial charge in [-0.1, -0.05) is 0 Å². The maximum atomic E-state index is 12.4. The van der Waals surface area contributed by atoms with E-state index in [4.69, 9.17) is 5.26 Å². The van der Waals surface area contributed by atoms with Crippen LogP contribution in [-0.2, 0) is 16.6 Å². The third-order valence-corrected chi connectivity index (χ3v) is 5.46. The summed E-state index contributed by atoms with van der Waals surface area (Å²) in [4.78, 5) is 3.96. The molecule has 0 aromatic carbocycles. The second-order valence-electron chi connectivity index (χ2n) is 5.12. The average molecular weight is 282 g/mol. The Kier molecular flexibility index (Phi) is 3.65. The number of imidazole rings is 1. The molecule has 1 saturated heterocycles. The van der Waals surface area contributed by atoms with E-state index in [1.165, 1.54) is 10.6 Å². The molecule has 0 aliphatic carbocycles. The monoisotopic (exact) mass is 282 g/mol. The van der Waals surface area contributed by atoms with E-state index in [0.717, 1.165) is 0 Å². The number of piperidine rings is 1. The summed E-state index contributed by atoms with van der Waals surface area (Å²) >= 11 is 0. The first kappa shape index (κ1) is 14.0. The molecule has 104 valence electrons. The van der Waals surface area contributed by atoms with Crippen molar-refractivity contribution >= 4 is 10.0 Å². The number of hydrogen-bond donors (Lipinski definition) is 0. The first-order valence-corrected chi connectivity index (χ1v) is 7.78. The maximum Gasteiger partial charge on any atom is 0.262 e. The molecule has 0 bridgehead atoms. The van der Waals surface area contributed by atoms with Gasteiger partial charge in [0, 0.05) is 25.8 Å². The number of sulfonamides is 1. The largest absolute Gasteiger partial charge is 0.336 e. The predicted octanol–water partition coefficient (Wildman–Crippen LogP) is 1.22. The summed E-state index contributed by atoms with van der Waals surface area (Å²) in [5.41, 5.74) is -0.408. The molecule has 0 N–H and O–H groups in total. The maximum absolute atomic E-state index is 12.4. The van der Waals surface area contributed by atoms with Crippen molar-refractivity contribution in [2.75, 3.05) is 13.1 Å². The van der Waals surface area contributed by atoms with E-state index in [2.05, 4.69) is 11.1 Å². The Labute approximate surface area is 113 Å².